The maximum Gasteiger partial charge on any atom is 0.0954 e. The fourth-order valence-electron chi connectivity index (χ4n) is 2.31. The van der Waals surface area contributed by atoms with Crippen LogP contribution in [0.25, 0.3) is 10.2 Å². The summed E-state index contributed by atoms with van der Waals surface area (Å²) in [6.07, 6.45) is 3.71. The van der Waals surface area contributed by atoms with Gasteiger partial charge in [-0.05, 0) is 44.0 Å². The first-order chi connectivity index (χ1) is 7.81. The smallest absolute Gasteiger partial charge is 0.0954 e. The lowest BCUT2D eigenvalue weighted by molar-refractivity contribution is 0.602. The molecule has 2 nitrogen and oxygen atoms in total. The second kappa shape index (κ2) is 4.15. The van der Waals surface area contributed by atoms with Gasteiger partial charge in [0.15, 0.2) is 0 Å². The summed E-state index contributed by atoms with van der Waals surface area (Å²) in [6, 6.07) is 7.19. The quantitative estimate of drug-likeness (QED) is 0.861. The van der Waals surface area contributed by atoms with E-state index in [1.54, 1.807) is 0 Å². The van der Waals surface area contributed by atoms with Crippen molar-refractivity contribution in [3.8, 4) is 0 Å². The third-order valence-electron chi connectivity index (χ3n) is 3.17. The van der Waals surface area contributed by atoms with Gasteiger partial charge in [0.25, 0.3) is 0 Å². The predicted molar refractivity (Wildman–Crippen MR) is 69.1 cm³/mol. The molecule has 0 bridgehead atoms. The van der Waals surface area contributed by atoms with Gasteiger partial charge in [-0.25, -0.2) is 4.98 Å². The van der Waals surface area contributed by atoms with Crippen molar-refractivity contribution < 1.29 is 0 Å². The Bertz CT molecular complexity index is 498. The number of aromatic nitrogens is 1. The summed E-state index contributed by atoms with van der Waals surface area (Å²) >= 11 is 1.84. The molecule has 0 amide bonds. The second-order valence-corrected chi connectivity index (χ2v) is 5.69. The van der Waals surface area contributed by atoms with Crippen LogP contribution in [0.1, 0.15) is 23.4 Å². The fraction of sp³-hybridized carbons (Fsp3) is 0.462. The van der Waals surface area contributed by atoms with Crippen molar-refractivity contribution in [1.29, 1.82) is 0 Å². The molecule has 1 aromatic carbocycles. The highest BCUT2D eigenvalue weighted by Crippen LogP contribution is 2.24. The first kappa shape index (κ1) is 10.2. The number of nitrogens with zero attached hydrogens (tertiary/aromatic N) is 1. The maximum absolute atomic E-state index is 4.72. The molecule has 16 heavy (non-hydrogen) atoms. The largest absolute Gasteiger partial charge is 0.314 e. The zero-order chi connectivity index (χ0) is 11.0. The van der Waals surface area contributed by atoms with Crippen molar-refractivity contribution in [1.82, 2.24) is 10.3 Å². The molecule has 0 spiro atoms. The average Bonchev–Trinajstić information content (AvgIpc) is 2.86. The standard InChI is InChI=1S/C13H16N2S/c1-9-4-5-12-11(7-9)15-13(16-12)8-10-3-2-6-14-10/h4-5,7,10,14H,2-3,6,8H2,1H3. The number of thiazole rings is 1. The summed E-state index contributed by atoms with van der Waals surface area (Å²) in [7, 11) is 0. The number of rotatable bonds is 2. The van der Waals surface area contributed by atoms with Crippen molar-refractivity contribution in [2.45, 2.75) is 32.2 Å². The van der Waals surface area contributed by atoms with Crippen LogP contribution >= 0.6 is 11.3 Å². The molecule has 1 aromatic heterocycles. The Morgan fingerprint density at radius 3 is 3.25 bits per heavy atom. The van der Waals surface area contributed by atoms with E-state index in [2.05, 4.69) is 30.4 Å². The van der Waals surface area contributed by atoms with Gasteiger partial charge in [-0.1, -0.05) is 6.07 Å². The summed E-state index contributed by atoms with van der Waals surface area (Å²) in [6.45, 7) is 3.30. The number of hydrogen-bond donors (Lipinski definition) is 1. The minimum Gasteiger partial charge on any atom is -0.314 e. The van der Waals surface area contributed by atoms with Crippen molar-refractivity contribution in [3.05, 3.63) is 28.8 Å². The summed E-state index contributed by atoms with van der Waals surface area (Å²) in [4.78, 5) is 4.72. The summed E-state index contributed by atoms with van der Waals surface area (Å²) in [5.41, 5.74) is 2.46. The van der Waals surface area contributed by atoms with Gasteiger partial charge < -0.3 is 5.32 Å². The van der Waals surface area contributed by atoms with Crippen molar-refractivity contribution in [2.75, 3.05) is 6.54 Å². The third-order valence-corrected chi connectivity index (χ3v) is 4.23. The third kappa shape index (κ3) is 1.97. The lowest BCUT2D eigenvalue weighted by atomic mass is 10.2. The van der Waals surface area contributed by atoms with E-state index in [4.69, 9.17) is 4.98 Å². The zero-order valence-corrected chi connectivity index (χ0v) is 10.3. The van der Waals surface area contributed by atoms with E-state index in [1.807, 2.05) is 11.3 Å². The second-order valence-electron chi connectivity index (χ2n) is 4.58. The number of benzene rings is 1. The number of hydrogen-bond acceptors (Lipinski definition) is 3. The number of aryl methyl sites for hydroxylation is 1. The van der Waals surface area contributed by atoms with Crippen LogP contribution < -0.4 is 5.32 Å². The SMILES string of the molecule is Cc1ccc2sc(CC3CCCN3)nc2c1. The predicted octanol–water partition coefficient (Wildman–Crippen LogP) is 2.90. The van der Waals surface area contributed by atoms with Crippen LogP contribution in [0.2, 0.25) is 0 Å². The lowest BCUT2D eigenvalue weighted by Gasteiger charge is -2.05. The van der Waals surface area contributed by atoms with E-state index < -0.39 is 0 Å². The Morgan fingerprint density at radius 1 is 1.50 bits per heavy atom. The Morgan fingerprint density at radius 2 is 2.44 bits per heavy atom. The summed E-state index contributed by atoms with van der Waals surface area (Å²) < 4.78 is 1.32. The molecule has 3 rings (SSSR count). The van der Waals surface area contributed by atoms with Crippen LogP contribution in [-0.4, -0.2) is 17.6 Å². The molecular formula is C13H16N2S. The Kier molecular flexibility index (Phi) is 2.65. The highest BCUT2D eigenvalue weighted by Gasteiger charge is 2.16. The molecule has 0 saturated carbocycles. The Hall–Kier alpha value is -0.930. The Labute approximate surface area is 99.7 Å². The molecule has 2 aromatic rings. The van der Waals surface area contributed by atoms with E-state index in [1.165, 1.54) is 34.7 Å². The molecule has 1 fully saturated rings. The van der Waals surface area contributed by atoms with Crippen LogP contribution in [0.5, 0.6) is 0 Å². The first-order valence-corrected chi connectivity index (χ1v) is 6.72. The van der Waals surface area contributed by atoms with Crippen LogP contribution in [0.4, 0.5) is 0 Å². The molecule has 1 unspecified atom stereocenters. The molecule has 1 aliphatic rings. The van der Waals surface area contributed by atoms with Crippen molar-refractivity contribution in [3.63, 3.8) is 0 Å². The summed E-state index contributed by atoms with van der Waals surface area (Å²) in [5, 5.41) is 4.81. The van der Waals surface area contributed by atoms with Crippen LogP contribution in [0, 0.1) is 6.92 Å². The van der Waals surface area contributed by atoms with E-state index in [0.717, 1.165) is 11.9 Å². The van der Waals surface area contributed by atoms with E-state index in [0.29, 0.717) is 6.04 Å². The fourth-order valence-corrected chi connectivity index (χ4v) is 3.34. The molecule has 1 N–H and O–H groups in total. The molecule has 0 aliphatic carbocycles. The zero-order valence-electron chi connectivity index (χ0n) is 9.49. The van der Waals surface area contributed by atoms with Crippen molar-refractivity contribution >= 4 is 21.6 Å². The Balaban J connectivity index is 1.86. The van der Waals surface area contributed by atoms with Gasteiger partial charge in [0.05, 0.1) is 15.2 Å². The molecule has 0 radical (unpaired) electrons. The minimum atomic E-state index is 0.654. The van der Waals surface area contributed by atoms with Gasteiger partial charge in [0.1, 0.15) is 0 Å². The molecule has 1 saturated heterocycles. The monoisotopic (exact) mass is 232 g/mol. The maximum atomic E-state index is 4.72. The highest BCUT2D eigenvalue weighted by atomic mass is 32.1. The molecule has 84 valence electrons. The first-order valence-electron chi connectivity index (χ1n) is 5.91. The van der Waals surface area contributed by atoms with Crippen LogP contribution in [-0.2, 0) is 6.42 Å². The topological polar surface area (TPSA) is 24.9 Å². The van der Waals surface area contributed by atoms with Gasteiger partial charge in [-0.2, -0.15) is 0 Å². The van der Waals surface area contributed by atoms with Gasteiger partial charge in [-0.15, -0.1) is 11.3 Å². The van der Waals surface area contributed by atoms with E-state index in [9.17, 15) is 0 Å². The van der Waals surface area contributed by atoms with Gasteiger partial charge in [-0.3, -0.25) is 0 Å². The number of fused-ring (bicyclic) bond motifs is 1. The normalized spacial score (nSPS) is 20.7. The van der Waals surface area contributed by atoms with Gasteiger partial charge in [0, 0.05) is 12.5 Å². The molecule has 3 heteroatoms. The average molecular weight is 232 g/mol. The number of nitrogens with one attached hydrogen (secondary N) is 1. The molecular weight excluding hydrogens is 216 g/mol. The molecule has 2 heterocycles. The highest BCUT2D eigenvalue weighted by molar-refractivity contribution is 7.18. The molecule has 1 atom stereocenters. The molecule has 1 aliphatic heterocycles. The van der Waals surface area contributed by atoms with Crippen LogP contribution in [0.15, 0.2) is 18.2 Å². The minimum absolute atomic E-state index is 0.654. The van der Waals surface area contributed by atoms with Crippen molar-refractivity contribution in [2.24, 2.45) is 0 Å². The van der Waals surface area contributed by atoms with E-state index in [-0.39, 0.29) is 0 Å². The van der Waals surface area contributed by atoms with Gasteiger partial charge in [0.2, 0.25) is 0 Å². The van der Waals surface area contributed by atoms with E-state index >= 15 is 0 Å². The van der Waals surface area contributed by atoms with Gasteiger partial charge >= 0.3 is 0 Å². The summed E-state index contributed by atoms with van der Waals surface area (Å²) in [5.74, 6) is 0. The van der Waals surface area contributed by atoms with Crippen LogP contribution in [0.3, 0.4) is 0 Å². The lowest BCUT2D eigenvalue weighted by Crippen LogP contribution is -2.23.